The van der Waals surface area contributed by atoms with Crippen molar-refractivity contribution in [3.8, 4) is 11.8 Å². The summed E-state index contributed by atoms with van der Waals surface area (Å²) in [5, 5.41) is 14.1. The third-order valence-electron chi connectivity index (χ3n) is 3.44. The first-order valence-corrected chi connectivity index (χ1v) is 6.79. The highest BCUT2D eigenvalue weighted by molar-refractivity contribution is 6.30. The monoisotopic (exact) mass is 271 g/mol. The molecular weight excluding hydrogens is 258 g/mol. The highest BCUT2D eigenvalue weighted by atomic mass is 35.5. The van der Waals surface area contributed by atoms with Crippen LogP contribution in [0.1, 0.15) is 35.7 Å². The maximum Gasteiger partial charge on any atom is 0.0793 e. The van der Waals surface area contributed by atoms with Crippen LogP contribution in [0.4, 0.5) is 0 Å². The van der Waals surface area contributed by atoms with Gasteiger partial charge in [-0.1, -0.05) is 17.7 Å². The zero-order valence-electron chi connectivity index (χ0n) is 10.7. The number of rotatable bonds is 3. The van der Waals surface area contributed by atoms with Crippen LogP contribution < -0.4 is 0 Å². The van der Waals surface area contributed by atoms with Gasteiger partial charge in [-0.2, -0.15) is 10.4 Å². The fourth-order valence-corrected chi connectivity index (χ4v) is 2.45. The number of aromatic nitrogens is 2. The van der Waals surface area contributed by atoms with Crippen LogP contribution in [0.15, 0.2) is 24.3 Å². The molecule has 0 amide bonds. The summed E-state index contributed by atoms with van der Waals surface area (Å²) < 4.78 is 1.96. The summed E-state index contributed by atoms with van der Waals surface area (Å²) in [6, 6.07) is 10.0. The Kier molecular flexibility index (Phi) is 3.04. The normalized spacial score (nSPS) is 14.4. The molecule has 0 bridgehead atoms. The van der Waals surface area contributed by atoms with Gasteiger partial charge in [-0.25, -0.2) is 4.68 Å². The lowest BCUT2D eigenvalue weighted by atomic mass is 10.2. The predicted molar refractivity (Wildman–Crippen MR) is 74.6 cm³/mol. The molecule has 0 N–H and O–H groups in total. The second kappa shape index (κ2) is 4.71. The average molecular weight is 272 g/mol. The number of hydrogen-bond donors (Lipinski definition) is 0. The van der Waals surface area contributed by atoms with E-state index in [4.69, 9.17) is 16.9 Å². The molecule has 0 saturated heterocycles. The van der Waals surface area contributed by atoms with Gasteiger partial charge in [-0.3, -0.25) is 0 Å². The Balaban J connectivity index is 2.12. The van der Waals surface area contributed by atoms with Gasteiger partial charge < -0.3 is 0 Å². The molecule has 0 atom stereocenters. The van der Waals surface area contributed by atoms with Crippen molar-refractivity contribution in [2.24, 2.45) is 0 Å². The first kappa shape index (κ1) is 12.3. The molecule has 0 spiro atoms. The topological polar surface area (TPSA) is 41.6 Å². The molecule has 1 aromatic heterocycles. The van der Waals surface area contributed by atoms with E-state index in [1.165, 1.54) is 18.5 Å². The first-order chi connectivity index (χ1) is 9.19. The van der Waals surface area contributed by atoms with Crippen LogP contribution >= 0.6 is 11.6 Å². The van der Waals surface area contributed by atoms with Crippen LogP contribution in [0, 0.1) is 18.3 Å². The summed E-state index contributed by atoms with van der Waals surface area (Å²) >= 11 is 6.09. The van der Waals surface area contributed by atoms with Gasteiger partial charge in [0.2, 0.25) is 0 Å². The molecule has 1 aromatic carbocycles. The van der Waals surface area contributed by atoms with Gasteiger partial charge >= 0.3 is 0 Å². The molecule has 2 aromatic rings. The van der Waals surface area contributed by atoms with Crippen molar-refractivity contribution in [3.05, 3.63) is 46.2 Å². The van der Waals surface area contributed by atoms with E-state index < -0.39 is 0 Å². The van der Waals surface area contributed by atoms with Gasteiger partial charge in [-0.05, 0) is 43.5 Å². The SMILES string of the molecule is Cc1ccc(Cl)cc1-n1nc(CC#N)cc1C1CC1. The van der Waals surface area contributed by atoms with Crippen LogP contribution in [0.5, 0.6) is 0 Å². The van der Waals surface area contributed by atoms with Crippen molar-refractivity contribution >= 4 is 11.6 Å². The number of aryl methyl sites for hydroxylation is 1. The van der Waals surface area contributed by atoms with E-state index in [1.54, 1.807) is 0 Å². The Morgan fingerprint density at radius 3 is 2.89 bits per heavy atom. The Hall–Kier alpha value is -1.79. The summed E-state index contributed by atoms with van der Waals surface area (Å²) in [7, 11) is 0. The Morgan fingerprint density at radius 1 is 1.42 bits per heavy atom. The van der Waals surface area contributed by atoms with Crippen LogP contribution in [-0.4, -0.2) is 9.78 Å². The molecule has 1 aliphatic carbocycles. The zero-order valence-corrected chi connectivity index (χ0v) is 11.5. The maximum atomic E-state index is 8.82. The van der Waals surface area contributed by atoms with E-state index in [1.807, 2.05) is 29.8 Å². The van der Waals surface area contributed by atoms with Gasteiger partial charge in [0, 0.05) is 16.6 Å². The summed E-state index contributed by atoms with van der Waals surface area (Å²) in [6.07, 6.45) is 2.76. The smallest absolute Gasteiger partial charge is 0.0793 e. The lowest BCUT2D eigenvalue weighted by Gasteiger charge is -2.10. The van der Waals surface area contributed by atoms with Crippen molar-refractivity contribution in [1.82, 2.24) is 9.78 Å². The van der Waals surface area contributed by atoms with Gasteiger partial charge in [-0.15, -0.1) is 0 Å². The van der Waals surface area contributed by atoms with Crippen molar-refractivity contribution < 1.29 is 0 Å². The summed E-state index contributed by atoms with van der Waals surface area (Å²) in [6.45, 7) is 2.05. The molecule has 1 fully saturated rings. The van der Waals surface area contributed by atoms with Crippen LogP contribution in [0.3, 0.4) is 0 Å². The Morgan fingerprint density at radius 2 is 2.21 bits per heavy atom. The van der Waals surface area contributed by atoms with E-state index in [-0.39, 0.29) is 0 Å². The van der Waals surface area contributed by atoms with Crippen LogP contribution in [-0.2, 0) is 6.42 Å². The molecule has 0 aliphatic heterocycles. The van der Waals surface area contributed by atoms with E-state index in [2.05, 4.69) is 17.2 Å². The minimum absolute atomic E-state index is 0.354. The van der Waals surface area contributed by atoms with Crippen molar-refractivity contribution in [2.45, 2.75) is 32.1 Å². The molecule has 0 radical (unpaired) electrons. The summed E-state index contributed by atoms with van der Waals surface area (Å²) in [5.41, 5.74) is 4.19. The Bertz CT molecular complexity index is 663. The standard InChI is InChI=1S/C15H14ClN3/c1-10-2-5-12(16)8-14(10)19-15(11-3-4-11)9-13(18-19)6-7-17/h2,5,8-9,11H,3-4,6H2,1H3. The molecule has 3 rings (SSSR count). The highest BCUT2D eigenvalue weighted by Crippen LogP contribution is 2.41. The third-order valence-corrected chi connectivity index (χ3v) is 3.68. The number of hydrogen-bond acceptors (Lipinski definition) is 2. The fourth-order valence-electron chi connectivity index (χ4n) is 2.29. The molecule has 4 heteroatoms. The minimum atomic E-state index is 0.354. The minimum Gasteiger partial charge on any atom is -0.237 e. The number of benzene rings is 1. The van der Waals surface area contributed by atoms with Gasteiger partial charge in [0.25, 0.3) is 0 Å². The summed E-state index contributed by atoms with van der Waals surface area (Å²) in [4.78, 5) is 0. The summed E-state index contributed by atoms with van der Waals surface area (Å²) in [5.74, 6) is 0.582. The largest absolute Gasteiger partial charge is 0.237 e. The van der Waals surface area contributed by atoms with Crippen molar-refractivity contribution in [2.75, 3.05) is 0 Å². The van der Waals surface area contributed by atoms with Crippen molar-refractivity contribution in [3.63, 3.8) is 0 Å². The number of nitriles is 1. The molecule has 1 saturated carbocycles. The molecule has 0 unspecified atom stereocenters. The van der Waals surface area contributed by atoms with Crippen LogP contribution in [0.25, 0.3) is 5.69 Å². The number of halogens is 1. The highest BCUT2D eigenvalue weighted by Gasteiger charge is 2.28. The number of nitrogens with zero attached hydrogens (tertiary/aromatic N) is 3. The van der Waals surface area contributed by atoms with Gasteiger partial charge in [0.05, 0.1) is 23.9 Å². The van der Waals surface area contributed by atoms with Crippen molar-refractivity contribution in [1.29, 1.82) is 5.26 Å². The van der Waals surface area contributed by atoms with Crippen LogP contribution in [0.2, 0.25) is 5.02 Å². The molecule has 3 nitrogen and oxygen atoms in total. The second-order valence-corrected chi connectivity index (χ2v) is 5.45. The van der Waals surface area contributed by atoms with Gasteiger partial charge in [0.15, 0.2) is 0 Å². The maximum absolute atomic E-state index is 8.82. The first-order valence-electron chi connectivity index (χ1n) is 6.41. The van der Waals surface area contributed by atoms with E-state index in [0.29, 0.717) is 17.4 Å². The zero-order chi connectivity index (χ0) is 13.4. The van der Waals surface area contributed by atoms with Gasteiger partial charge in [0.1, 0.15) is 0 Å². The average Bonchev–Trinajstić information content (AvgIpc) is 3.15. The molecule has 1 heterocycles. The molecular formula is C15H14ClN3. The Labute approximate surface area is 117 Å². The van der Waals surface area contributed by atoms with E-state index in [9.17, 15) is 0 Å². The predicted octanol–water partition coefficient (Wildman–Crippen LogP) is 3.78. The quantitative estimate of drug-likeness (QED) is 0.852. The molecule has 96 valence electrons. The lowest BCUT2D eigenvalue weighted by Crippen LogP contribution is -2.03. The molecule has 19 heavy (non-hydrogen) atoms. The third kappa shape index (κ3) is 2.36. The fraction of sp³-hybridized carbons (Fsp3) is 0.333. The lowest BCUT2D eigenvalue weighted by molar-refractivity contribution is 0.790. The second-order valence-electron chi connectivity index (χ2n) is 5.01. The van der Waals surface area contributed by atoms with E-state index in [0.717, 1.165) is 16.9 Å². The van der Waals surface area contributed by atoms with E-state index >= 15 is 0 Å². The molecule has 1 aliphatic rings.